The number of allylic oxidation sites excluding steroid dienone is 2. The van der Waals surface area contributed by atoms with E-state index in [1.165, 1.54) is 25.5 Å². The van der Waals surface area contributed by atoms with Gasteiger partial charge in [0.1, 0.15) is 0 Å². The molecule has 0 aromatic heterocycles. The van der Waals surface area contributed by atoms with Crippen molar-refractivity contribution in [1.82, 2.24) is 0 Å². The first-order valence-corrected chi connectivity index (χ1v) is 15.4. The summed E-state index contributed by atoms with van der Waals surface area (Å²) in [5.74, 6) is 0.715. The van der Waals surface area contributed by atoms with Crippen LogP contribution in [-0.2, 0) is 18.9 Å². The molecule has 2 unspecified atom stereocenters. The van der Waals surface area contributed by atoms with Crippen molar-refractivity contribution in [3.05, 3.63) is 82.9 Å². The molecule has 2 aliphatic carbocycles. The minimum atomic E-state index is -2.49. The zero-order valence-corrected chi connectivity index (χ0v) is 16.5. The van der Waals surface area contributed by atoms with Gasteiger partial charge >= 0.3 is 152 Å². The average molecular weight is 418 g/mol. The Hall–Kier alpha value is -0.747. The maximum absolute atomic E-state index is 6.56. The first kappa shape index (κ1) is 15.8. The second-order valence-corrected chi connectivity index (χ2v) is 14.5. The summed E-state index contributed by atoms with van der Waals surface area (Å²) >= 11 is -2.49. The van der Waals surface area contributed by atoms with E-state index in [1.807, 2.05) is 0 Å². The van der Waals surface area contributed by atoms with E-state index < -0.39 is 18.9 Å². The van der Waals surface area contributed by atoms with E-state index in [0.717, 1.165) is 6.42 Å². The van der Waals surface area contributed by atoms with E-state index in [9.17, 15) is 0 Å². The Balaban J connectivity index is 1.66. The molecule has 0 saturated heterocycles. The summed E-state index contributed by atoms with van der Waals surface area (Å²) in [6.07, 6.45) is 9.98. The molecule has 0 nitrogen and oxygen atoms in total. The van der Waals surface area contributed by atoms with Gasteiger partial charge in [0.15, 0.2) is 0 Å². The number of rotatable bonds is 3. The van der Waals surface area contributed by atoms with E-state index in [4.69, 9.17) is 17.0 Å². The van der Waals surface area contributed by atoms with E-state index in [2.05, 4.69) is 72.8 Å². The van der Waals surface area contributed by atoms with Crippen molar-refractivity contribution in [3.63, 3.8) is 0 Å². The van der Waals surface area contributed by atoms with E-state index in [0.29, 0.717) is 11.8 Å². The fraction of sp³-hybridized carbons (Fsp3) is 0.150. The van der Waals surface area contributed by atoms with Gasteiger partial charge in [-0.05, 0) is 0 Å². The van der Waals surface area contributed by atoms with Crippen LogP contribution in [0.2, 0.25) is 0 Å². The normalized spacial score (nSPS) is 20.4. The fourth-order valence-electron chi connectivity index (χ4n) is 3.61. The predicted molar refractivity (Wildman–Crippen MR) is 97.8 cm³/mol. The van der Waals surface area contributed by atoms with Crippen LogP contribution in [0.15, 0.2) is 60.7 Å². The number of halogens is 2. The second-order valence-electron chi connectivity index (χ2n) is 6.05. The van der Waals surface area contributed by atoms with Crippen LogP contribution in [0.1, 0.15) is 40.5 Å². The van der Waals surface area contributed by atoms with Crippen molar-refractivity contribution in [3.8, 4) is 0 Å². The summed E-state index contributed by atoms with van der Waals surface area (Å²) < 4.78 is 1.38. The first-order chi connectivity index (χ1) is 11.2. The zero-order chi connectivity index (χ0) is 15.8. The number of hydrogen-bond donors (Lipinski definition) is 0. The van der Waals surface area contributed by atoms with Crippen LogP contribution in [0.3, 0.4) is 0 Å². The van der Waals surface area contributed by atoms with Crippen LogP contribution in [0.4, 0.5) is 0 Å². The van der Waals surface area contributed by atoms with Crippen molar-refractivity contribution in [2.45, 2.75) is 18.3 Å². The molecule has 4 rings (SSSR count). The standard InChI is InChI=1S/C20H16.2ClH.Zr/c1-3-7-19-15(5-1)9-11-17(19)13-14-18-12-10-16-6-2-4-8-20(16)18;;;/h1-12,17-18H,13H2;2*1H;/q;;;+2/p-2. The van der Waals surface area contributed by atoms with Crippen molar-refractivity contribution in [1.29, 1.82) is 0 Å². The van der Waals surface area contributed by atoms with Crippen molar-refractivity contribution < 1.29 is 18.9 Å². The monoisotopic (exact) mass is 416 g/mol. The Labute approximate surface area is 151 Å². The van der Waals surface area contributed by atoms with Gasteiger partial charge in [-0.3, -0.25) is 0 Å². The molecule has 23 heavy (non-hydrogen) atoms. The molecular weight excluding hydrogens is 402 g/mol. The molecule has 0 saturated carbocycles. The topological polar surface area (TPSA) is 0 Å². The third-order valence-corrected chi connectivity index (χ3v) is 10.1. The summed E-state index contributed by atoms with van der Waals surface area (Å²) in [6, 6.07) is 17.2. The van der Waals surface area contributed by atoms with Crippen LogP contribution in [0.25, 0.3) is 12.2 Å². The quantitative estimate of drug-likeness (QED) is 0.565. The van der Waals surface area contributed by atoms with Crippen molar-refractivity contribution in [2.75, 3.05) is 0 Å². The van der Waals surface area contributed by atoms with Gasteiger partial charge < -0.3 is 0 Å². The van der Waals surface area contributed by atoms with Crippen LogP contribution in [0.5, 0.6) is 0 Å². The third-order valence-electron chi connectivity index (χ3n) is 4.76. The third kappa shape index (κ3) is 3.00. The molecule has 0 fully saturated rings. The Morgan fingerprint density at radius 1 is 0.826 bits per heavy atom. The molecule has 0 bridgehead atoms. The maximum atomic E-state index is 6.56. The van der Waals surface area contributed by atoms with Gasteiger partial charge in [-0.2, -0.15) is 0 Å². The molecule has 114 valence electrons. The summed E-state index contributed by atoms with van der Waals surface area (Å²) in [5.41, 5.74) is 5.39. The van der Waals surface area contributed by atoms with Gasteiger partial charge in [-0.25, -0.2) is 0 Å². The van der Waals surface area contributed by atoms with Crippen LogP contribution >= 0.6 is 17.0 Å². The molecule has 2 atom stereocenters. The Morgan fingerprint density at radius 3 is 2.17 bits per heavy atom. The minimum absolute atomic E-state index is 0.303. The van der Waals surface area contributed by atoms with Crippen molar-refractivity contribution >= 4 is 32.4 Å². The zero-order valence-electron chi connectivity index (χ0n) is 12.5. The van der Waals surface area contributed by atoms with Crippen LogP contribution in [0, 0.1) is 0 Å². The summed E-state index contributed by atoms with van der Waals surface area (Å²) in [7, 11) is 13.1. The molecule has 2 aromatic rings. The van der Waals surface area contributed by atoms with Crippen LogP contribution in [-0.4, -0.2) is 3.21 Å². The Kier molecular flexibility index (Phi) is 4.55. The van der Waals surface area contributed by atoms with Crippen LogP contribution < -0.4 is 0 Å². The summed E-state index contributed by atoms with van der Waals surface area (Å²) in [5, 5.41) is 0. The molecule has 3 heteroatoms. The van der Waals surface area contributed by atoms with Gasteiger partial charge in [0.25, 0.3) is 0 Å². The van der Waals surface area contributed by atoms with Gasteiger partial charge in [-0.15, -0.1) is 0 Å². The molecule has 0 N–H and O–H groups in total. The molecule has 0 heterocycles. The van der Waals surface area contributed by atoms with Gasteiger partial charge in [0, 0.05) is 0 Å². The number of hydrogen-bond acceptors (Lipinski definition) is 0. The molecule has 2 aliphatic rings. The van der Waals surface area contributed by atoms with E-state index in [1.54, 1.807) is 0 Å². The molecule has 2 aromatic carbocycles. The Bertz CT molecular complexity index is 844. The molecule has 0 aliphatic heterocycles. The fourth-order valence-corrected chi connectivity index (χ4v) is 8.03. The number of benzene rings is 2. The van der Waals surface area contributed by atoms with Gasteiger partial charge in [0.2, 0.25) is 0 Å². The first-order valence-electron chi connectivity index (χ1n) is 7.82. The van der Waals surface area contributed by atoms with Crippen molar-refractivity contribution in [2.24, 2.45) is 0 Å². The SMILES string of the molecule is [Cl][Zr]([Cl])=[C](CC1C=Cc2ccccc21)C1C=Cc2ccccc21. The van der Waals surface area contributed by atoms with Gasteiger partial charge in [0.05, 0.1) is 0 Å². The van der Waals surface area contributed by atoms with Gasteiger partial charge in [-0.1, -0.05) is 0 Å². The molecule has 0 radical (unpaired) electrons. The molecule has 0 amide bonds. The number of fused-ring (bicyclic) bond motifs is 2. The predicted octanol–water partition coefficient (Wildman–Crippen LogP) is 6.10. The van der Waals surface area contributed by atoms with E-state index in [-0.39, 0.29) is 0 Å². The second kappa shape index (κ2) is 6.63. The molecular formula is C20H16Cl2Zr. The van der Waals surface area contributed by atoms with E-state index >= 15 is 0 Å². The summed E-state index contributed by atoms with van der Waals surface area (Å²) in [6.45, 7) is 0. The average Bonchev–Trinajstić information content (AvgIpc) is 3.16. The Morgan fingerprint density at radius 2 is 1.43 bits per heavy atom. The molecule has 0 spiro atoms. The summed E-state index contributed by atoms with van der Waals surface area (Å²) in [4.78, 5) is 0.